The molecule has 0 radical (unpaired) electrons. The Kier molecular flexibility index (Phi) is 5.09. The number of nitrogens with one attached hydrogen (secondary N) is 1. The number of thioether (sulfide) groups is 1. The molecule has 2 fully saturated rings. The molecule has 22 heavy (non-hydrogen) atoms. The second-order valence-corrected chi connectivity index (χ2v) is 8.64. The zero-order valence-corrected chi connectivity index (χ0v) is 14.2. The Morgan fingerprint density at radius 1 is 1.23 bits per heavy atom. The zero-order chi connectivity index (χ0) is 15.5. The molecule has 0 saturated carbocycles. The van der Waals surface area contributed by atoms with E-state index >= 15 is 0 Å². The summed E-state index contributed by atoms with van der Waals surface area (Å²) in [5.74, 6) is 2.06. The standard InChI is InChI=1S/C15H22N2O3S2/c18-22(19,14-4-2-1-3-5-14)16-12-15(6-11-21-13-15)17-7-9-20-10-8-17/h1-5,16H,6-13H2. The lowest BCUT2D eigenvalue weighted by Crippen LogP contribution is -2.59. The monoisotopic (exact) mass is 342 g/mol. The molecule has 7 heteroatoms. The number of benzene rings is 1. The highest BCUT2D eigenvalue weighted by atomic mass is 32.2. The van der Waals surface area contributed by atoms with E-state index in [1.165, 1.54) is 0 Å². The van der Waals surface area contributed by atoms with Gasteiger partial charge in [0, 0.05) is 30.9 Å². The first-order valence-corrected chi connectivity index (χ1v) is 10.2. The van der Waals surface area contributed by atoms with Gasteiger partial charge in [0.05, 0.1) is 18.1 Å². The average molecular weight is 342 g/mol. The fourth-order valence-electron chi connectivity index (χ4n) is 3.05. The van der Waals surface area contributed by atoms with E-state index in [9.17, 15) is 8.42 Å². The molecule has 0 bridgehead atoms. The Balaban J connectivity index is 1.72. The molecule has 1 unspecified atom stereocenters. The Labute approximate surface area is 136 Å². The first-order valence-electron chi connectivity index (χ1n) is 7.58. The molecule has 5 nitrogen and oxygen atoms in total. The molecule has 1 N–H and O–H groups in total. The first kappa shape index (κ1) is 16.3. The van der Waals surface area contributed by atoms with Gasteiger partial charge in [0.15, 0.2) is 0 Å². The molecule has 0 amide bonds. The topological polar surface area (TPSA) is 58.6 Å². The average Bonchev–Trinajstić information content (AvgIpc) is 3.05. The lowest BCUT2D eigenvalue weighted by Gasteiger charge is -2.43. The molecular weight excluding hydrogens is 320 g/mol. The van der Waals surface area contributed by atoms with Crippen molar-refractivity contribution in [2.45, 2.75) is 16.9 Å². The molecule has 2 heterocycles. The van der Waals surface area contributed by atoms with Crippen molar-refractivity contribution in [3.05, 3.63) is 30.3 Å². The van der Waals surface area contributed by atoms with Gasteiger partial charge in [-0.25, -0.2) is 13.1 Å². The first-order chi connectivity index (χ1) is 10.6. The van der Waals surface area contributed by atoms with Crippen molar-refractivity contribution in [2.24, 2.45) is 0 Å². The predicted octanol–water partition coefficient (Wildman–Crippen LogP) is 1.17. The van der Waals surface area contributed by atoms with Gasteiger partial charge < -0.3 is 4.74 Å². The Bertz CT molecular complexity index is 580. The van der Waals surface area contributed by atoms with Gasteiger partial charge in [0.1, 0.15) is 0 Å². The molecule has 1 aromatic rings. The fraction of sp³-hybridized carbons (Fsp3) is 0.600. The lowest BCUT2D eigenvalue weighted by atomic mass is 9.96. The Hall–Kier alpha value is -0.600. The van der Waals surface area contributed by atoms with Gasteiger partial charge in [-0.05, 0) is 24.3 Å². The summed E-state index contributed by atoms with van der Waals surface area (Å²) in [6, 6.07) is 8.58. The molecule has 2 aliphatic rings. The highest BCUT2D eigenvalue weighted by molar-refractivity contribution is 7.99. The minimum absolute atomic E-state index is 0.0731. The molecule has 3 rings (SSSR count). The number of ether oxygens (including phenoxy) is 1. The summed E-state index contributed by atoms with van der Waals surface area (Å²) in [5, 5.41) is 0. The number of nitrogens with zero attached hydrogens (tertiary/aromatic N) is 1. The molecule has 0 aliphatic carbocycles. The highest BCUT2D eigenvalue weighted by Crippen LogP contribution is 2.33. The van der Waals surface area contributed by atoms with Crippen LogP contribution in [0, 0.1) is 0 Å². The maximum absolute atomic E-state index is 12.5. The van der Waals surface area contributed by atoms with E-state index in [0.29, 0.717) is 11.4 Å². The molecule has 2 aliphatic heterocycles. The lowest BCUT2D eigenvalue weighted by molar-refractivity contribution is -0.0117. The number of sulfonamides is 1. The van der Waals surface area contributed by atoms with E-state index < -0.39 is 10.0 Å². The van der Waals surface area contributed by atoms with Crippen molar-refractivity contribution >= 4 is 21.8 Å². The molecule has 2 saturated heterocycles. The third-order valence-electron chi connectivity index (χ3n) is 4.41. The molecular formula is C15H22N2O3S2. The number of morpholine rings is 1. The minimum Gasteiger partial charge on any atom is -0.379 e. The normalized spacial score (nSPS) is 27.1. The summed E-state index contributed by atoms with van der Waals surface area (Å²) in [4.78, 5) is 2.74. The van der Waals surface area contributed by atoms with Crippen LogP contribution in [0.4, 0.5) is 0 Å². The van der Waals surface area contributed by atoms with Crippen LogP contribution in [0.15, 0.2) is 35.2 Å². The van der Waals surface area contributed by atoms with Crippen LogP contribution in [0.1, 0.15) is 6.42 Å². The van der Waals surface area contributed by atoms with Gasteiger partial charge in [-0.1, -0.05) is 18.2 Å². The highest BCUT2D eigenvalue weighted by Gasteiger charge is 2.41. The summed E-state index contributed by atoms with van der Waals surface area (Å²) >= 11 is 1.90. The minimum atomic E-state index is -3.44. The van der Waals surface area contributed by atoms with Crippen LogP contribution in [0.2, 0.25) is 0 Å². The maximum Gasteiger partial charge on any atom is 0.240 e. The van der Waals surface area contributed by atoms with Crippen molar-refractivity contribution in [1.29, 1.82) is 0 Å². The van der Waals surface area contributed by atoms with Crippen molar-refractivity contribution in [2.75, 3.05) is 44.4 Å². The SMILES string of the molecule is O=S(=O)(NCC1(N2CCOCC2)CCSC1)c1ccccc1. The molecule has 0 aromatic heterocycles. The second kappa shape index (κ2) is 6.88. The largest absolute Gasteiger partial charge is 0.379 e. The van der Waals surface area contributed by atoms with Crippen LogP contribution in [-0.2, 0) is 14.8 Å². The summed E-state index contributed by atoms with van der Waals surface area (Å²) < 4.78 is 33.2. The van der Waals surface area contributed by atoms with Gasteiger partial charge >= 0.3 is 0 Å². The van der Waals surface area contributed by atoms with Gasteiger partial charge in [0.2, 0.25) is 10.0 Å². The summed E-state index contributed by atoms with van der Waals surface area (Å²) in [6.07, 6.45) is 1.02. The maximum atomic E-state index is 12.5. The molecule has 0 spiro atoms. The number of rotatable bonds is 5. The fourth-order valence-corrected chi connectivity index (χ4v) is 5.67. The van der Waals surface area contributed by atoms with Crippen LogP contribution >= 0.6 is 11.8 Å². The van der Waals surface area contributed by atoms with Gasteiger partial charge in [-0.15, -0.1) is 0 Å². The van der Waals surface area contributed by atoms with Crippen LogP contribution < -0.4 is 4.72 Å². The van der Waals surface area contributed by atoms with Crippen LogP contribution in [0.5, 0.6) is 0 Å². The van der Waals surface area contributed by atoms with E-state index in [4.69, 9.17) is 4.74 Å². The van der Waals surface area contributed by atoms with Crippen LogP contribution in [0.3, 0.4) is 0 Å². The summed E-state index contributed by atoms with van der Waals surface area (Å²) in [5.41, 5.74) is -0.0731. The third-order valence-corrected chi connectivity index (χ3v) is 7.06. The Morgan fingerprint density at radius 2 is 1.95 bits per heavy atom. The van der Waals surface area contributed by atoms with E-state index in [1.54, 1.807) is 24.3 Å². The van der Waals surface area contributed by atoms with Crippen molar-refractivity contribution in [3.63, 3.8) is 0 Å². The number of hydrogen-bond donors (Lipinski definition) is 1. The predicted molar refractivity (Wildman–Crippen MR) is 88.7 cm³/mol. The van der Waals surface area contributed by atoms with Gasteiger partial charge in [-0.2, -0.15) is 11.8 Å². The third kappa shape index (κ3) is 3.49. The smallest absolute Gasteiger partial charge is 0.240 e. The van der Waals surface area contributed by atoms with Gasteiger partial charge in [-0.3, -0.25) is 4.90 Å². The second-order valence-electron chi connectivity index (χ2n) is 5.76. The van der Waals surface area contributed by atoms with Gasteiger partial charge in [0.25, 0.3) is 0 Å². The summed E-state index contributed by atoms with van der Waals surface area (Å²) in [7, 11) is -3.44. The summed E-state index contributed by atoms with van der Waals surface area (Å²) in [6.45, 7) is 3.70. The van der Waals surface area contributed by atoms with E-state index in [2.05, 4.69) is 9.62 Å². The zero-order valence-electron chi connectivity index (χ0n) is 12.5. The van der Waals surface area contributed by atoms with E-state index in [1.807, 2.05) is 17.8 Å². The van der Waals surface area contributed by atoms with Crippen molar-refractivity contribution in [3.8, 4) is 0 Å². The van der Waals surface area contributed by atoms with E-state index in [0.717, 1.165) is 44.2 Å². The number of hydrogen-bond acceptors (Lipinski definition) is 5. The molecule has 122 valence electrons. The molecule has 1 atom stereocenters. The Morgan fingerprint density at radius 3 is 2.59 bits per heavy atom. The molecule has 1 aromatic carbocycles. The van der Waals surface area contributed by atoms with E-state index in [-0.39, 0.29) is 5.54 Å². The quantitative estimate of drug-likeness (QED) is 0.871. The van der Waals surface area contributed by atoms with Crippen molar-refractivity contribution in [1.82, 2.24) is 9.62 Å². The van der Waals surface area contributed by atoms with Crippen LogP contribution in [0.25, 0.3) is 0 Å². The van der Waals surface area contributed by atoms with Crippen molar-refractivity contribution < 1.29 is 13.2 Å². The van der Waals surface area contributed by atoms with Crippen LogP contribution in [-0.4, -0.2) is 63.2 Å².